The summed E-state index contributed by atoms with van der Waals surface area (Å²) >= 11 is 0. The number of aryl methyl sites for hydroxylation is 1. The monoisotopic (exact) mass is 400 g/mol. The first-order valence-electron chi connectivity index (χ1n) is 7.53. The number of nitrogens with zero attached hydrogens (tertiary/aromatic N) is 1. The second-order valence-corrected chi connectivity index (χ2v) is 7.22. The van der Waals surface area contributed by atoms with Crippen LogP contribution in [0.15, 0.2) is 41.4 Å². The van der Waals surface area contributed by atoms with Crippen LogP contribution < -0.4 is 15.8 Å². The van der Waals surface area contributed by atoms with E-state index in [-0.39, 0.29) is 36.2 Å². The van der Waals surface area contributed by atoms with Crippen LogP contribution in [0.1, 0.15) is 27.8 Å². The lowest BCUT2D eigenvalue weighted by Crippen LogP contribution is -2.29. The van der Waals surface area contributed by atoms with Crippen molar-refractivity contribution in [2.45, 2.75) is 11.8 Å². The maximum Gasteiger partial charge on any atom is 0.272 e. The highest BCUT2D eigenvalue weighted by molar-refractivity contribution is 7.89. The van der Waals surface area contributed by atoms with Crippen molar-refractivity contribution < 1.29 is 18.0 Å². The molecule has 0 bridgehead atoms. The Hall–Kier alpha value is -2.20. The van der Waals surface area contributed by atoms with E-state index in [2.05, 4.69) is 10.0 Å². The average molecular weight is 401 g/mol. The van der Waals surface area contributed by atoms with Crippen molar-refractivity contribution in [3.63, 3.8) is 0 Å². The molecule has 0 saturated carbocycles. The van der Waals surface area contributed by atoms with Gasteiger partial charge in [0.15, 0.2) is 5.78 Å². The van der Waals surface area contributed by atoms with E-state index in [9.17, 15) is 18.0 Å². The number of benzene rings is 1. The largest absolute Gasteiger partial charge is 0.346 e. The molecule has 1 amide bonds. The first kappa shape index (κ1) is 21.8. The molecule has 2 rings (SSSR count). The molecule has 0 unspecified atom stereocenters. The summed E-state index contributed by atoms with van der Waals surface area (Å²) in [5.74, 6) is -0.590. The summed E-state index contributed by atoms with van der Waals surface area (Å²) in [5.41, 5.74) is 6.34. The van der Waals surface area contributed by atoms with E-state index in [0.717, 1.165) is 0 Å². The summed E-state index contributed by atoms with van der Waals surface area (Å²) in [6, 6.07) is 7.37. The summed E-state index contributed by atoms with van der Waals surface area (Å²) in [6.45, 7) is 1.72. The fourth-order valence-corrected chi connectivity index (χ4v) is 3.29. The second-order valence-electron chi connectivity index (χ2n) is 5.45. The van der Waals surface area contributed by atoms with Crippen LogP contribution in [0.2, 0.25) is 0 Å². The number of carbonyl (C=O) groups is 2. The summed E-state index contributed by atoms with van der Waals surface area (Å²) in [5, 5.41) is 2.63. The summed E-state index contributed by atoms with van der Waals surface area (Å²) in [7, 11) is -2.04. The van der Waals surface area contributed by atoms with Gasteiger partial charge in [-0.2, -0.15) is 0 Å². The van der Waals surface area contributed by atoms with E-state index in [0.29, 0.717) is 16.9 Å². The molecule has 26 heavy (non-hydrogen) atoms. The van der Waals surface area contributed by atoms with Crippen molar-refractivity contribution in [3.05, 3.63) is 47.8 Å². The Bertz CT molecular complexity index is 909. The minimum Gasteiger partial charge on any atom is -0.346 e. The number of Topliss-reactive ketones (excluding diaryl/α,β-unsaturated/α-hetero) is 1. The number of aromatic nitrogens is 1. The van der Waals surface area contributed by atoms with Crippen LogP contribution in [-0.2, 0) is 17.1 Å². The van der Waals surface area contributed by atoms with Gasteiger partial charge in [0.1, 0.15) is 5.69 Å². The molecule has 142 valence electrons. The molecule has 0 atom stereocenters. The molecule has 1 heterocycles. The number of anilines is 1. The van der Waals surface area contributed by atoms with Crippen LogP contribution in [0.25, 0.3) is 0 Å². The maximum absolute atomic E-state index is 12.4. The lowest BCUT2D eigenvalue weighted by atomic mass is 10.2. The fraction of sp³-hybridized carbons (Fsp3) is 0.250. The number of ketones is 1. The molecular weight excluding hydrogens is 380 g/mol. The van der Waals surface area contributed by atoms with Gasteiger partial charge in [0.25, 0.3) is 5.91 Å². The fourth-order valence-electron chi connectivity index (χ4n) is 2.20. The molecule has 0 aliphatic carbocycles. The highest BCUT2D eigenvalue weighted by Gasteiger charge is 2.16. The Morgan fingerprint density at radius 3 is 2.50 bits per heavy atom. The summed E-state index contributed by atoms with van der Waals surface area (Å²) in [6.07, 6.45) is 1.56. The Balaban J connectivity index is 0.00000338. The number of amides is 1. The van der Waals surface area contributed by atoms with Crippen molar-refractivity contribution in [3.8, 4) is 0 Å². The molecule has 0 radical (unpaired) electrons. The molecule has 0 aliphatic heterocycles. The quantitative estimate of drug-likeness (QED) is 0.601. The van der Waals surface area contributed by atoms with Gasteiger partial charge >= 0.3 is 0 Å². The van der Waals surface area contributed by atoms with Gasteiger partial charge in [-0.05, 0) is 31.2 Å². The molecule has 0 spiro atoms. The van der Waals surface area contributed by atoms with Gasteiger partial charge < -0.3 is 15.6 Å². The lowest BCUT2D eigenvalue weighted by molar-refractivity contribution is 0.101. The Kier molecular flexibility index (Phi) is 7.52. The topological polar surface area (TPSA) is 123 Å². The molecule has 8 nitrogen and oxygen atoms in total. The number of hydrogen-bond donors (Lipinski definition) is 3. The van der Waals surface area contributed by atoms with Crippen LogP contribution >= 0.6 is 12.4 Å². The van der Waals surface area contributed by atoms with Crippen LogP contribution in [-0.4, -0.2) is 37.8 Å². The van der Waals surface area contributed by atoms with Gasteiger partial charge in [-0.15, -0.1) is 12.4 Å². The van der Waals surface area contributed by atoms with E-state index in [1.807, 2.05) is 0 Å². The number of nitrogens with one attached hydrogen (secondary N) is 2. The first-order chi connectivity index (χ1) is 11.7. The van der Waals surface area contributed by atoms with Gasteiger partial charge in [0.05, 0.1) is 4.90 Å². The highest BCUT2D eigenvalue weighted by atomic mass is 35.5. The molecule has 0 aliphatic rings. The zero-order valence-corrected chi connectivity index (χ0v) is 16.0. The zero-order chi connectivity index (χ0) is 18.6. The van der Waals surface area contributed by atoms with Gasteiger partial charge in [0, 0.05) is 37.6 Å². The highest BCUT2D eigenvalue weighted by Crippen LogP contribution is 2.17. The van der Waals surface area contributed by atoms with Gasteiger partial charge in [-0.1, -0.05) is 6.07 Å². The number of carbonyl (C=O) groups excluding carboxylic acids is 2. The van der Waals surface area contributed by atoms with Gasteiger partial charge in [-0.3, -0.25) is 9.59 Å². The normalized spacial score (nSPS) is 10.9. The van der Waals surface area contributed by atoms with Crippen molar-refractivity contribution >= 4 is 39.8 Å². The van der Waals surface area contributed by atoms with Crippen molar-refractivity contribution in [2.24, 2.45) is 12.8 Å². The predicted octanol–water partition coefficient (Wildman–Crippen LogP) is 1.14. The minimum atomic E-state index is -3.69. The SMILES string of the molecule is CC(=O)c1cc(C(=O)Nc2cccc(S(=O)(=O)NCCN)c2)n(C)c1.Cl. The third-order valence-electron chi connectivity index (χ3n) is 3.48. The Morgan fingerprint density at radius 1 is 1.23 bits per heavy atom. The van der Waals surface area contributed by atoms with E-state index in [4.69, 9.17) is 5.73 Å². The second kappa shape index (κ2) is 8.95. The van der Waals surface area contributed by atoms with E-state index in [1.165, 1.54) is 35.8 Å². The minimum absolute atomic E-state index is 0. The predicted molar refractivity (Wildman–Crippen MR) is 101 cm³/mol. The van der Waals surface area contributed by atoms with Crippen LogP contribution in [0.4, 0.5) is 5.69 Å². The number of nitrogens with two attached hydrogens (primary N) is 1. The van der Waals surface area contributed by atoms with Crippen LogP contribution in [0.3, 0.4) is 0 Å². The Labute approximate surface area is 158 Å². The third kappa shape index (κ3) is 5.15. The summed E-state index contributed by atoms with van der Waals surface area (Å²) < 4.78 is 28.1. The molecular formula is C16H21ClN4O4S. The number of rotatable bonds is 7. The summed E-state index contributed by atoms with van der Waals surface area (Å²) in [4.78, 5) is 23.8. The van der Waals surface area contributed by atoms with E-state index >= 15 is 0 Å². The maximum atomic E-state index is 12.4. The number of hydrogen-bond acceptors (Lipinski definition) is 5. The zero-order valence-electron chi connectivity index (χ0n) is 14.4. The standard InChI is InChI=1S/C16H20N4O4S.ClH/c1-11(21)12-8-15(20(2)10-12)16(22)19-13-4-3-5-14(9-13)25(23,24)18-7-6-17;/h3-5,8-10,18H,6-7,17H2,1-2H3,(H,19,22);1H. The van der Waals surface area contributed by atoms with Crippen LogP contribution in [0, 0.1) is 0 Å². The molecule has 1 aromatic carbocycles. The van der Waals surface area contributed by atoms with Crippen molar-refractivity contribution in [2.75, 3.05) is 18.4 Å². The van der Waals surface area contributed by atoms with Gasteiger partial charge in [0.2, 0.25) is 10.0 Å². The van der Waals surface area contributed by atoms with Crippen LogP contribution in [0.5, 0.6) is 0 Å². The molecule has 0 fully saturated rings. The van der Waals surface area contributed by atoms with Crippen molar-refractivity contribution in [1.29, 1.82) is 0 Å². The molecule has 1 aromatic heterocycles. The van der Waals surface area contributed by atoms with E-state index < -0.39 is 15.9 Å². The molecule has 0 saturated heterocycles. The lowest BCUT2D eigenvalue weighted by Gasteiger charge is -2.09. The van der Waals surface area contributed by atoms with Crippen molar-refractivity contribution in [1.82, 2.24) is 9.29 Å². The number of sulfonamides is 1. The number of halogens is 1. The molecule has 4 N–H and O–H groups in total. The molecule has 2 aromatic rings. The smallest absolute Gasteiger partial charge is 0.272 e. The van der Waals surface area contributed by atoms with Gasteiger partial charge in [-0.25, -0.2) is 13.1 Å². The Morgan fingerprint density at radius 2 is 1.92 bits per heavy atom. The first-order valence-corrected chi connectivity index (χ1v) is 9.01. The third-order valence-corrected chi connectivity index (χ3v) is 4.94. The molecule has 10 heteroatoms. The van der Waals surface area contributed by atoms with E-state index in [1.54, 1.807) is 19.3 Å². The average Bonchev–Trinajstić information content (AvgIpc) is 2.95.